The molecule has 9 heteroatoms. The smallest absolute Gasteiger partial charge is 0.257 e. The molecule has 1 aliphatic rings. The number of hydrogen-bond donors (Lipinski definition) is 1. The van der Waals surface area contributed by atoms with E-state index in [4.69, 9.17) is 0 Å². The Bertz CT molecular complexity index is 1190. The minimum absolute atomic E-state index is 0.161. The number of benzene rings is 2. The number of halogens is 1. The second-order valence-corrected chi connectivity index (χ2v) is 10.6. The highest BCUT2D eigenvalue weighted by atomic mass is 79.9. The van der Waals surface area contributed by atoms with Gasteiger partial charge in [0.25, 0.3) is 5.91 Å². The first-order valence-electron chi connectivity index (χ1n) is 8.87. The highest BCUT2D eigenvalue weighted by molar-refractivity contribution is 9.10. The van der Waals surface area contributed by atoms with Crippen molar-refractivity contribution in [3.8, 4) is 11.3 Å². The maximum atomic E-state index is 12.7. The summed E-state index contributed by atoms with van der Waals surface area (Å²) in [4.78, 5) is 17.2. The van der Waals surface area contributed by atoms with Crippen molar-refractivity contribution in [2.75, 3.05) is 15.9 Å². The Morgan fingerprint density at radius 2 is 1.97 bits per heavy atom. The molecule has 1 atom stereocenters. The van der Waals surface area contributed by atoms with Crippen LogP contribution in [0.25, 0.3) is 11.3 Å². The van der Waals surface area contributed by atoms with Gasteiger partial charge in [0.2, 0.25) is 10.0 Å². The number of amides is 1. The maximum absolute atomic E-state index is 12.7. The SMILES string of the molecule is CC1Cc2cc(C(=O)Nc3nc(-c4ccc(Br)cc4)cs3)ccc2N1S(C)(=O)=O. The molecule has 0 fully saturated rings. The van der Waals surface area contributed by atoms with Crippen LogP contribution in [0.5, 0.6) is 0 Å². The van der Waals surface area contributed by atoms with Crippen LogP contribution in [0.3, 0.4) is 0 Å². The molecule has 3 aromatic rings. The van der Waals surface area contributed by atoms with Crippen molar-refractivity contribution in [1.82, 2.24) is 4.98 Å². The number of nitrogens with zero attached hydrogens (tertiary/aromatic N) is 2. The molecule has 6 nitrogen and oxygen atoms in total. The van der Waals surface area contributed by atoms with Gasteiger partial charge in [-0.05, 0) is 49.2 Å². The Labute approximate surface area is 181 Å². The Hall–Kier alpha value is -2.23. The van der Waals surface area contributed by atoms with E-state index in [0.717, 1.165) is 21.3 Å². The van der Waals surface area contributed by atoms with Crippen molar-refractivity contribution in [3.05, 3.63) is 63.4 Å². The van der Waals surface area contributed by atoms with E-state index in [9.17, 15) is 13.2 Å². The van der Waals surface area contributed by atoms with Crippen LogP contribution in [0.2, 0.25) is 0 Å². The van der Waals surface area contributed by atoms with Crippen molar-refractivity contribution < 1.29 is 13.2 Å². The lowest BCUT2D eigenvalue weighted by molar-refractivity contribution is 0.102. The number of aromatic nitrogens is 1. The first-order chi connectivity index (χ1) is 13.7. The van der Waals surface area contributed by atoms with E-state index >= 15 is 0 Å². The summed E-state index contributed by atoms with van der Waals surface area (Å²) in [7, 11) is -3.35. The van der Waals surface area contributed by atoms with E-state index in [1.165, 1.54) is 21.9 Å². The van der Waals surface area contributed by atoms with Gasteiger partial charge in [-0.15, -0.1) is 11.3 Å². The molecule has 2 aromatic carbocycles. The summed E-state index contributed by atoms with van der Waals surface area (Å²) in [6.07, 6.45) is 1.78. The number of sulfonamides is 1. The highest BCUT2D eigenvalue weighted by Crippen LogP contribution is 2.35. The lowest BCUT2D eigenvalue weighted by Gasteiger charge is -2.21. The van der Waals surface area contributed by atoms with Crippen LogP contribution in [-0.2, 0) is 16.4 Å². The zero-order valence-electron chi connectivity index (χ0n) is 15.7. The van der Waals surface area contributed by atoms with E-state index in [0.29, 0.717) is 22.8 Å². The lowest BCUT2D eigenvalue weighted by Crippen LogP contribution is -2.34. The predicted molar refractivity (Wildman–Crippen MR) is 120 cm³/mol. The topological polar surface area (TPSA) is 79.4 Å². The third-order valence-electron chi connectivity index (χ3n) is 4.72. The zero-order chi connectivity index (χ0) is 20.8. The van der Waals surface area contributed by atoms with E-state index in [1.54, 1.807) is 18.2 Å². The van der Waals surface area contributed by atoms with Gasteiger partial charge in [-0.1, -0.05) is 28.1 Å². The second kappa shape index (κ2) is 7.55. The summed E-state index contributed by atoms with van der Waals surface area (Å²) in [6.45, 7) is 1.86. The second-order valence-electron chi connectivity index (χ2n) is 6.95. The van der Waals surface area contributed by atoms with Gasteiger partial charge in [-0.2, -0.15) is 0 Å². The summed E-state index contributed by atoms with van der Waals surface area (Å²) in [5, 5.41) is 5.24. The molecular formula is C20H18BrN3O3S2. The minimum atomic E-state index is -3.35. The molecule has 0 saturated carbocycles. The normalized spacial score (nSPS) is 16.0. The third kappa shape index (κ3) is 4.08. The van der Waals surface area contributed by atoms with Gasteiger partial charge in [0.15, 0.2) is 5.13 Å². The summed E-state index contributed by atoms with van der Waals surface area (Å²) in [5.41, 5.74) is 3.74. The molecule has 1 aromatic heterocycles. The molecule has 0 radical (unpaired) electrons. The van der Waals surface area contributed by atoms with Crippen molar-refractivity contribution in [3.63, 3.8) is 0 Å². The third-order valence-corrected chi connectivity index (χ3v) is 7.27. The molecule has 1 aliphatic heterocycles. The van der Waals surface area contributed by atoms with Gasteiger partial charge in [-0.25, -0.2) is 13.4 Å². The maximum Gasteiger partial charge on any atom is 0.257 e. The van der Waals surface area contributed by atoms with Gasteiger partial charge in [0.05, 0.1) is 17.6 Å². The van der Waals surface area contributed by atoms with Crippen LogP contribution in [-0.4, -0.2) is 31.6 Å². The summed E-state index contributed by atoms with van der Waals surface area (Å²) < 4.78 is 26.5. The molecule has 150 valence electrons. The Morgan fingerprint density at radius 3 is 2.66 bits per heavy atom. The largest absolute Gasteiger partial charge is 0.298 e. The van der Waals surface area contributed by atoms with Crippen LogP contribution >= 0.6 is 27.3 Å². The number of hydrogen-bond acceptors (Lipinski definition) is 5. The van der Waals surface area contributed by atoms with E-state index in [2.05, 4.69) is 26.2 Å². The Morgan fingerprint density at radius 1 is 1.24 bits per heavy atom. The summed E-state index contributed by atoms with van der Waals surface area (Å²) in [5.74, 6) is -0.269. The monoisotopic (exact) mass is 491 g/mol. The molecule has 29 heavy (non-hydrogen) atoms. The van der Waals surface area contributed by atoms with Crippen molar-refractivity contribution in [2.24, 2.45) is 0 Å². The molecule has 1 N–H and O–H groups in total. The molecular weight excluding hydrogens is 474 g/mol. The first-order valence-corrected chi connectivity index (χ1v) is 12.4. The van der Waals surface area contributed by atoms with Crippen LogP contribution < -0.4 is 9.62 Å². The summed E-state index contributed by atoms with van der Waals surface area (Å²) >= 11 is 4.77. The van der Waals surface area contributed by atoms with Crippen molar-refractivity contribution >= 4 is 54.0 Å². The molecule has 0 spiro atoms. The number of nitrogens with one attached hydrogen (secondary N) is 1. The van der Waals surface area contributed by atoms with Crippen molar-refractivity contribution in [1.29, 1.82) is 0 Å². The van der Waals surface area contributed by atoms with Crippen LogP contribution in [0.15, 0.2) is 52.3 Å². The molecule has 0 bridgehead atoms. The van der Waals surface area contributed by atoms with Gasteiger partial charge < -0.3 is 0 Å². The first kappa shape index (κ1) is 20.1. The Balaban J connectivity index is 1.53. The lowest BCUT2D eigenvalue weighted by atomic mass is 10.1. The molecule has 0 saturated heterocycles. The minimum Gasteiger partial charge on any atom is -0.298 e. The zero-order valence-corrected chi connectivity index (χ0v) is 18.9. The van der Waals surface area contributed by atoms with Gasteiger partial charge in [-0.3, -0.25) is 14.4 Å². The molecule has 0 aliphatic carbocycles. The Kier molecular flexibility index (Phi) is 5.22. The molecule has 2 heterocycles. The predicted octanol–water partition coefficient (Wildman–Crippen LogP) is 4.54. The van der Waals surface area contributed by atoms with Crippen molar-refractivity contribution in [2.45, 2.75) is 19.4 Å². The quantitative estimate of drug-likeness (QED) is 0.580. The molecule has 1 unspecified atom stereocenters. The summed E-state index contributed by atoms with van der Waals surface area (Å²) in [6, 6.07) is 12.7. The van der Waals surface area contributed by atoms with Crippen LogP contribution in [0, 0.1) is 0 Å². The number of carbonyl (C=O) groups excluding carboxylic acids is 1. The van der Waals surface area contributed by atoms with E-state index < -0.39 is 10.0 Å². The van der Waals surface area contributed by atoms with Crippen LogP contribution in [0.4, 0.5) is 10.8 Å². The average Bonchev–Trinajstić information content (AvgIpc) is 3.24. The number of fused-ring (bicyclic) bond motifs is 1. The number of rotatable bonds is 4. The number of carbonyl (C=O) groups is 1. The van der Waals surface area contributed by atoms with Crippen LogP contribution in [0.1, 0.15) is 22.8 Å². The van der Waals surface area contributed by atoms with E-state index in [-0.39, 0.29) is 11.9 Å². The molecule has 4 rings (SSSR count). The number of anilines is 2. The van der Waals surface area contributed by atoms with Gasteiger partial charge in [0, 0.05) is 27.0 Å². The molecule has 1 amide bonds. The van der Waals surface area contributed by atoms with Gasteiger partial charge in [0.1, 0.15) is 0 Å². The fourth-order valence-electron chi connectivity index (χ4n) is 3.50. The number of thiazole rings is 1. The standard InChI is InChI=1S/C20H18BrN3O3S2/c1-12-9-15-10-14(5-8-18(15)24(12)29(2,26)27)19(25)23-20-22-17(11-28-20)13-3-6-16(21)7-4-13/h3-8,10-12H,9H2,1-2H3,(H,22,23,25). The fourth-order valence-corrected chi connectivity index (χ4v) is 5.75. The van der Waals surface area contributed by atoms with Gasteiger partial charge >= 0.3 is 0 Å². The fraction of sp³-hybridized carbons (Fsp3) is 0.200. The average molecular weight is 492 g/mol. The highest BCUT2D eigenvalue weighted by Gasteiger charge is 2.32. The van der Waals surface area contributed by atoms with E-state index in [1.807, 2.05) is 36.6 Å².